The molecule has 0 saturated heterocycles. The second-order valence-electron chi connectivity index (χ2n) is 5.35. The summed E-state index contributed by atoms with van der Waals surface area (Å²) in [4.78, 5) is 15.2. The molecular weight excluding hydrogens is 240 g/mol. The zero-order valence-corrected chi connectivity index (χ0v) is 11.6. The highest BCUT2D eigenvalue weighted by Crippen LogP contribution is 2.22. The van der Waals surface area contributed by atoms with Crippen LogP contribution in [-0.4, -0.2) is 17.1 Å². The number of aromatic amines is 1. The van der Waals surface area contributed by atoms with E-state index >= 15 is 0 Å². The summed E-state index contributed by atoms with van der Waals surface area (Å²) in [5, 5.41) is 0.843. The first-order chi connectivity index (χ1) is 8.97. The lowest BCUT2D eigenvalue weighted by Crippen LogP contribution is -2.16. The van der Waals surface area contributed by atoms with Gasteiger partial charge in [-0.15, -0.1) is 0 Å². The zero-order chi connectivity index (χ0) is 14.0. The molecule has 0 aliphatic rings. The normalized spacial score (nSPS) is 12.8. The first-order valence-electron chi connectivity index (χ1n) is 6.55. The minimum Gasteiger partial charge on any atom is -0.459 e. The van der Waals surface area contributed by atoms with Crippen molar-refractivity contribution >= 4 is 22.6 Å². The van der Waals surface area contributed by atoms with Crippen LogP contribution in [0.1, 0.15) is 37.6 Å². The number of nitrogens with two attached hydrogens (primary N) is 1. The van der Waals surface area contributed by atoms with Crippen molar-refractivity contribution in [2.24, 2.45) is 5.92 Å². The molecule has 1 aromatic heterocycles. The third-order valence-corrected chi connectivity index (χ3v) is 3.04. The van der Waals surface area contributed by atoms with E-state index in [1.165, 1.54) is 0 Å². The lowest BCUT2D eigenvalue weighted by molar-refractivity contribution is 0.0302. The van der Waals surface area contributed by atoms with Crippen molar-refractivity contribution in [2.45, 2.75) is 33.3 Å². The minimum atomic E-state index is -0.288. The molecule has 0 fully saturated rings. The van der Waals surface area contributed by atoms with Crippen LogP contribution in [0.5, 0.6) is 0 Å². The Morgan fingerprint density at radius 2 is 2.11 bits per heavy atom. The molecule has 2 aromatic rings. The van der Waals surface area contributed by atoms with E-state index in [-0.39, 0.29) is 12.1 Å². The highest BCUT2D eigenvalue weighted by molar-refractivity contribution is 6.04. The minimum absolute atomic E-state index is 0.0776. The molecule has 19 heavy (non-hydrogen) atoms. The molecule has 0 spiro atoms. The molecule has 0 saturated carbocycles. The molecule has 0 radical (unpaired) electrons. The maximum absolute atomic E-state index is 12.1. The van der Waals surface area contributed by atoms with Crippen molar-refractivity contribution in [1.29, 1.82) is 0 Å². The summed E-state index contributed by atoms with van der Waals surface area (Å²) in [6.45, 7) is 6.14. The van der Waals surface area contributed by atoms with Gasteiger partial charge in [-0.3, -0.25) is 0 Å². The molecule has 1 heterocycles. The Kier molecular flexibility index (Phi) is 3.79. The summed E-state index contributed by atoms with van der Waals surface area (Å²) in [7, 11) is 0. The summed E-state index contributed by atoms with van der Waals surface area (Å²) in [5.74, 6) is 0.217. The number of hydrogen-bond acceptors (Lipinski definition) is 3. The van der Waals surface area contributed by atoms with E-state index in [1.807, 2.05) is 19.1 Å². The van der Waals surface area contributed by atoms with Gasteiger partial charge in [-0.25, -0.2) is 4.79 Å². The first-order valence-corrected chi connectivity index (χ1v) is 6.55. The molecule has 0 amide bonds. The van der Waals surface area contributed by atoms with Gasteiger partial charge in [0, 0.05) is 22.8 Å². The number of nitrogens with one attached hydrogen (secondary N) is 1. The van der Waals surface area contributed by atoms with Gasteiger partial charge in [-0.2, -0.15) is 0 Å². The summed E-state index contributed by atoms with van der Waals surface area (Å²) in [6.07, 6.45) is 2.46. The maximum atomic E-state index is 12.1. The van der Waals surface area contributed by atoms with Crippen molar-refractivity contribution in [2.75, 3.05) is 5.73 Å². The number of benzene rings is 1. The molecule has 2 rings (SSSR count). The van der Waals surface area contributed by atoms with Gasteiger partial charge in [0.15, 0.2) is 0 Å². The van der Waals surface area contributed by atoms with Crippen LogP contribution in [0.3, 0.4) is 0 Å². The van der Waals surface area contributed by atoms with E-state index in [4.69, 9.17) is 10.5 Å². The Morgan fingerprint density at radius 3 is 2.79 bits per heavy atom. The number of H-pyrrole nitrogens is 1. The van der Waals surface area contributed by atoms with Crippen molar-refractivity contribution in [3.8, 4) is 0 Å². The Bertz CT molecular complexity index is 587. The summed E-state index contributed by atoms with van der Waals surface area (Å²) in [5.41, 5.74) is 7.79. The fourth-order valence-electron chi connectivity index (χ4n) is 2.27. The summed E-state index contributed by atoms with van der Waals surface area (Å²) < 4.78 is 5.45. The Balaban J connectivity index is 2.18. The number of carbonyl (C=O) groups excluding carboxylic acids is 1. The van der Waals surface area contributed by atoms with Crippen molar-refractivity contribution < 1.29 is 9.53 Å². The predicted octanol–water partition coefficient (Wildman–Crippen LogP) is 3.34. The zero-order valence-electron chi connectivity index (χ0n) is 11.6. The van der Waals surface area contributed by atoms with Gasteiger partial charge >= 0.3 is 5.97 Å². The van der Waals surface area contributed by atoms with Gasteiger partial charge in [0.25, 0.3) is 0 Å². The fraction of sp³-hybridized carbons (Fsp3) is 0.400. The number of anilines is 1. The Hall–Kier alpha value is -1.97. The highest BCUT2D eigenvalue weighted by atomic mass is 16.5. The van der Waals surface area contributed by atoms with E-state index in [0.717, 1.165) is 17.3 Å². The first kappa shape index (κ1) is 13.5. The van der Waals surface area contributed by atoms with Crippen LogP contribution < -0.4 is 5.73 Å². The van der Waals surface area contributed by atoms with Gasteiger partial charge in [0.05, 0.1) is 11.7 Å². The second kappa shape index (κ2) is 5.34. The van der Waals surface area contributed by atoms with Gasteiger partial charge in [0.1, 0.15) is 0 Å². The van der Waals surface area contributed by atoms with Crippen molar-refractivity contribution in [1.82, 2.24) is 4.98 Å². The van der Waals surface area contributed by atoms with Crippen LogP contribution in [0, 0.1) is 5.92 Å². The molecule has 102 valence electrons. The van der Waals surface area contributed by atoms with Gasteiger partial charge in [0.2, 0.25) is 0 Å². The molecule has 1 atom stereocenters. The third-order valence-electron chi connectivity index (χ3n) is 3.04. The maximum Gasteiger partial charge on any atom is 0.340 e. The molecule has 0 aliphatic heterocycles. The number of aromatic nitrogens is 1. The largest absolute Gasteiger partial charge is 0.459 e. The van der Waals surface area contributed by atoms with Gasteiger partial charge in [-0.05, 0) is 37.5 Å². The standard InChI is InChI=1S/C15H20N2O2/c1-9(2)6-10(3)19-15(18)13-8-17-14-7-11(16)4-5-12(13)14/h4-5,7-10,17H,6,16H2,1-3H3. The number of nitrogen functional groups attached to an aromatic ring is 1. The quantitative estimate of drug-likeness (QED) is 0.654. The van der Waals surface area contributed by atoms with E-state index in [0.29, 0.717) is 17.2 Å². The van der Waals surface area contributed by atoms with Crippen LogP contribution in [0.4, 0.5) is 5.69 Å². The summed E-state index contributed by atoms with van der Waals surface area (Å²) in [6, 6.07) is 5.43. The van der Waals surface area contributed by atoms with Gasteiger partial charge in [-0.1, -0.05) is 13.8 Å². The molecule has 0 aliphatic carbocycles. The monoisotopic (exact) mass is 260 g/mol. The van der Waals surface area contributed by atoms with Crippen LogP contribution in [0.2, 0.25) is 0 Å². The van der Waals surface area contributed by atoms with E-state index in [1.54, 1.807) is 12.3 Å². The number of ether oxygens (including phenoxy) is 1. The second-order valence-corrected chi connectivity index (χ2v) is 5.35. The van der Waals surface area contributed by atoms with Crippen LogP contribution in [0.15, 0.2) is 24.4 Å². The molecule has 1 unspecified atom stereocenters. The number of hydrogen-bond donors (Lipinski definition) is 2. The Labute approximate surface area is 112 Å². The average Bonchev–Trinajstić information content (AvgIpc) is 2.70. The molecule has 0 bridgehead atoms. The lowest BCUT2D eigenvalue weighted by atomic mass is 10.1. The molecule has 4 heteroatoms. The summed E-state index contributed by atoms with van der Waals surface area (Å²) >= 11 is 0. The Morgan fingerprint density at radius 1 is 1.37 bits per heavy atom. The van der Waals surface area contributed by atoms with Crippen LogP contribution >= 0.6 is 0 Å². The fourth-order valence-corrected chi connectivity index (χ4v) is 2.27. The topological polar surface area (TPSA) is 68.1 Å². The van der Waals surface area contributed by atoms with Crippen molar-refractivity contribution in [3.05, 3.63) is 30.0 Å². The molecule has 4 nitrogen and oxygen atoms in total. The average molecular weight is 260 g/mol. The van der Waals surface area contributed by atoms with E-state index in [2.05, 4.69) is 18.8 Å². The number of esters is 1. The predicted molar refractivity (Wildman–Crippen MR) is 77.0 cm³/mol. The highest BCUT2D eigenvalue weighted by Gasteiger charge is 2.17. The van der Waals surface area contributed by atoms with E-state index < -0.39 is 0 Å². The lowest BCUT2D eigenvalue weighted by Gasteiger charge is -2.14. The van der Waals surface area contributed by atoms with Gasteiger partial charge < -0.3 is 15.5 Å². The number of rotatable bonds is 4. The van der Waals surface area contributed by atoms with Crippen LogP contribution in [-0.2, 0) is 4.74 Å². The SMILES string of the molecule is CC(C)CC(C)OC(=O)c1c[nH]c2cc(N)ccc12. The van der Waals surface area contributed by atoms with E-state index in [9.17, 15) is 4.79 Å². The smallest absolute Gasteiger partial charge is 0.340 e. The molecule has 1 aromatic carbocycles. The molecular formula is C15H20N2O2. The third kappa shape index (κ3) is 3.08. The number of fused-ring (bicyclic) bond motifs is 1. The number of carbonyl (C=O) groups is 1. The molecule has 3 N–H and O–H groups in total. The van der Waals surface area contributed by atoms with Crippen molar-refractivity contribution in [3.63, 3.8) is 0 Å². The van der Waals surface area contributed by atoms with Crippen LogP contribution in [0.25, 0.3) is 10.9 Å².